The van der Waals surface area contributed by atoms with E-state index in [9.17, 15) is 4.79 Å². The number of aromatic nitrogens is 3. The topological polar surface area (TPSA) is 51.0 Å². The Morgan fingerprint density at radius 3 is 2.45 bits per heavy atom. The Labute approximate surface area is 118 Å². The number of nitrogens with zero attached hydrogens (tertiary/aromatic N) is 4. The van der Waals surface area contributed by atoms with Gasteiger partial charge in [0.1, 0.15) is 0 Å². The first-order chi connectivity index (χ1) is 9.75. The Kier molecular flexibility index (Phi) is 3.50. The Hall–Kier alpha value is -2.17. The van der Waals surface area contributed by atoms with E-state index in [0.29, 0.717) is 11.4 Å². The normalized spacial score (nSPS) is 15.3. The van der Waals surface area contributed by atoms with E-state index in [1.165, 1.54) is 11.2 Å². The fourth-order valence-corrected chi connectivity index (χ4v) is 2.50. The molecule has 1 amide bonds. The average Bonchev–Trinajstić information content (AvgIpc) is 2.90. The molecule has 1 fully saturated rings. The quantitative estimate of drug-likeness (QED) is 0.840. The van der Waals surface area contributed by atoms with Crippen LogP contribution in [0, 0.1) is 6.92 Å². The molecule has 1 aliphatic heterocycles. The molecule has 1 saturated heterocycles. The lowest BCUT2D eigenvalue weighted by atomic mass is 10.1. The van der Waals surface area contributed by atoms with E-state index >= 15 is 0 Å². The summed E-state index contributed by atoms with van der Waals surface area (Å²) in [7, 11) is 0. The Balaban J connectivity index is 1.87. The van der Waals surface area contributed by atoms with Gasteiger partial charge in [-0.2, -0.15) is 9.90 Å². The fourth-order valence-electron chi connectivity index (χ4n) is 2.50. The van der Waals surface area contributed by atoms with Crippen molar-refractivity contribution >= 4 is 5.91 Å². The van der Waals surface area contributed by atoms with Crippen molar-refractivity contribution in [1.82, 2.24) is 19.9 Å². The van der Waals surface area contributed by atoms with Gasteiger partial charge in [0.25, 0.3) is 5.91 Å². The number of likely N-dealkylation sites (tertiary alicyclic amines) is 1. The third-order valence-electron chi connectivity index (χ3n) is 3.62. The van der Waals surface area contributed by atoms with Crippen molar-refractivity contribution in [2.24, 2.45) is 0 Å². The molecule has 1 aliphatic rings. The van der Waals surface area contributed by atoms with Crippen LogP contribution in [0.4, 0.5) is 0 Å². The minimum absolute atomic E-state index is 0.00406. The molecule has 2 aromatic rings. The molecule has 5 heteroatoms. The van der Waals surface area contributed by atoms with Crippen molar-refractivity contribution in [3.63, 3.8) is 0 Å². The Morgan fingerprint density at radius 1 is 1.05 bits per heavy atom. The zero-order chi connectivity index (χ0) is 13.9. The Morgan fingerprint density at radius 2 is 1.75 bits per heavy atom. The van der Waals surface area contributed by atoms with Gasteiger partial charge in [-0.1, -0.05) is 18.2 Å². The van der Waals surface area contributed by atoms with E-state index in [1.54, 1.807) is 0 Å². The van der Waals surface area contributed by atoms with Gasteiger partial charge in [0.15, 0.2) is 5.69 Å². The molecule has 0 radical (unpaired) electrons. The molecule has 3 rings (SSSR count). The predicted molar refractivity (Wildman–Crippen MR) is 75.9 cm³/mol. The Bertz CT molecular complexity index is 600. The van der Waals surface area contributed by atoms with Crippen LogP contribution in [0.5, 0.6) is 0 Å². The van der Waals surface area contributed by atoms with Crippen LogP contribution in [0.1, 0.15) is 35.4 Å². The highest BCUT2D eigenvalue weighted by Gasteiger charge is 2.23. The highest BCUT2D eigenvalue weighted by Crippen LogP contribution is 2.14. The number of para-hydroxylation sites is 1. The average molecular weight is 270 g/mol. The van der Waals surface area contributed by atoms with Gasteiger partial charge in [0, 0.05) is 13.1 Å². The van der Waals surface area contributed by atoms with Gasteiger partial charge in [-0.25, -0.2) is 0 Å². The molecule has 2 heterocycles. The van der Waals surface area contributed by atoms with E-state index in [1.807, 2.05) is 42.2 Å². The lowest BCUT2D eigenvalue weighted by Crippen LogP contribution is -2.36. The molecular weight excluding hydrogens is 252 g/mol. The molecule has 1 aromatic heterocycles. The summed E-state index contributed by atoms with van der Waals surface area (Å²) in [5.41, 5.74) is 2.02. The number of hydrogen-bond acceptors (Lipinski definition) is 3. The van der Waals surface area contributed by atoms with Gasteiger partial charge >= 0.3 is 0 Å². The van der Waals surface area contributed by atoms with Crippen LogP contribution in [0.3, 0.4) is 0 Å². The number of aryl methyl sites for hydroxylation is 1. The second kappa shape index (κ2) is 5.45. The lowest BCUT2D eigenvalue weighted by molar-refractivity contribution is 0.0717. The standard InChI is InChI=1S/C15H18N4O/c1-12-14(15(20)18-10-6-3-7-11-18)17-19(16-12)13-8-4-2-5-9-13/h2,4-5,8-9H,3,6-7,10-11H2,1H3. The minimum Gasteiger partial charge on any atom is -0.337 e. The van der Waals surface area contributed by atoms with E-state index in [2.05, 4.69) is 10.2 Å². The van der Waals surface area contributed by atoms with Gasteiger partial charge in [-0.15, -0.1) is 5.10 Å². The maximum atomic E-state index is 12.5. The summed E-state index contributed by atoms with van der Waals surface area (Å²) in [5.74, 6) is 0.00406. The third kappa shape index (κ3) is 2.43. The van der Waals surface area contributed by atoms with E-state index in [-0.39, 0.29) is 5.91 Å². The van der Waals surface area contributed by atoms with Crippen LogP contribution in [-0.2, 0) is 0 Å². The second-order valence-corrected chi connectivity index (χ2v) is 5.11. The fraction of sp³-hybridized carbons (Fsp3) is 0.400. The molecule has 0 aliphatic carbocycles. The number of rotatable bonds is 2. The number of benzene rings is 1. The molecule has 0 bridgehead atoms. The van der Waals surface area contributed by atoms with Gasteiger partial charge in [0.2, 0.25) is 0 Å². The molecule has 1 aromatic carbocycles. The summed E-state index contributed by atoms with van der Waals surface area (Å²) in [6, 6.07) is 9.66. The van der Waals surface area contributed by atoms with Crippen molar-refractivity contribution in [2.75, 3.05) is 13.1 Å². The highest BCUT2D eigenvalue weighted by molar-refractivity contribution is 5.93. The van der Waals surface area contributed by atoms with Crippen molar-refractivity contribution < 1.29 is 4.79 Å². The molecule has 5 nitrogen and oxygen atoms in total. The summed E-state index contributed by atoms with van der Waals surface area (Å²) in [4.78, 5) is 15.9. The maximum absolute atomic E-state index is 12.5. The zero-order valence-corrected chi connectivity index (χ0v) is 11.6. The molecular formula is C15H18N4O. The summed E-state index contributed by atoms with van der Waals surface area (Å²) in [6.45, 7) is 3.50. The van der Waals surface area contributed by atoms with Gasteiger partial charge < -0.3 is 4.90 Å². The molecule has 0 N–H and O–H groups in total. The number of amides is 1. The smallest absolute Gasteiger partial charge is 0.276 e. The first-order valence-corrected chi connectivity index (χ1v) is 7.04. The van der Waals surface area contributed by atoms with Gasteiger partial charge in [-0.05, 0) is 38.3 Å². The van der Waals surface area contributed by atoms with Crippen molar-refractivity contribution in [1.29, 1.82) is 0 Å². The van der Waals surface area contributed by atoms with E-state index in [4.69, 9.17) is 0 Å². The van der Waals surface area contributed by atoms with Crippen LogP contribution in [0.25, 0.3) is 5.69 Å². The summed E-state index contributed by atoms with van der Waals surface area (Å²) in [6.07, 6.45) is 3.37. The number of hydrogen-bond donors (Lipinski definition) is 0. The van der Waals surface area contributed by atoms with Crippen molar-refractivity contribution in [3.8, 4) is 5.69 Å². The molecule has 20 heavy (non-hydrogen) atoms. The van der Waals surface area contributed by atoms with Gasteiger partial charge in [0.05, 0.1) is 11.4 Å². The maximum Gasteiger partial charge on any atom is 0.276 e. The first-order valence-electron chi connectivity index (χ1n) is 7.04. The second-order valence-electron chi connectivity index (χ2n) is 5.11. The van der Waals surface area contributed by atoms with E-state index < -0.39 is 0 Å². The van der Waals surface area contributed by atoms with Crippen LogP contribution in [0.2, 0.25) is 0 Å². The van der Waals surface area contributed by atoms with E-state index in [0.717, 1.165) is 31.6 Å². The van der Waals surface area contributed by atoms with Crippen LogP contribution in [-0.4, -0.2) is 38.9 Å². The predicted octanol–water partition coefficient (Wildman–Crippen LogP) is 2.20. The highest BCUT2D eigenvalue weighted by atomic mass is 16.2. The minimum atomic E-state index is 0.00406. The van der Waals surface area contributed by atoms with Crippen LogP contribution >= 0.6 is 0 Å². The summed E-state index contributed by atoms with van der Waals surface area (Å²) in [5, 5.41) is 8.72. The SMILES string of the molecule is Cc1nn(-c2ccccc2)nc1C(=O)N1CCCCC1. The molecule has 104 valence electrons. The van der Waals surface area contributed by atoms with Crippen LogP contribution < -0.4 is 0 Å². The molecule has 0 spiro atoms. The van der Waals surface area contributed by atoms with Crippen molar-refractivity contribution in [2.45, 2.75) is 26.2 Å². The summed E-state index contributed by atoms with van der Waals surface area (Å²) < 4.78 is 0. The molecule has 0 unspecified atom stereocenters. The third-order valence-corrected chi connectivity index (χ3v) is 3.62. The van der Waals surface area contributed by atoms with Gasteiger partial charge in [-0.3, -0.25) is 4.79 Å². The number of carbonyl (C=O) groups excluding carboxylic acids is 1. The van der Waals surface area contributed by atoms with Crippen molar-refractivity contribution in [3.05, 3.63) is 41.7 Å². The lowest BCUT2D eigenvalue weighted by Gasteiger charge is -2.25. The number of carbonyl (C=O) groups is 1. The van der Waals surface area contributed by atoms with Crippen LogP contribution in [0.15, 0.2) is 30.3 Å². The number of piperidine rings is 1. The zero-order valence-electron chi connectivity index (χ0n) is 11.6. The monoisotopic (exact) mass is 270 g/mol. The summed E-state index contributed by atoms with van der Waals surface area (Å²) >= 11 is 0. The first kappa shape index (κ1) is 12.8. The molecule has 0 saturated carbocycles. The molecule has 0 atom stereocenters. The largest absolute Gasteiger partial charge is 0.337 e.